The van der Waals surface area contributed by atoms with Crippen LogP contribution in [0.2, 0.25) is 0 Å². The van der Waals surface area contributed by atoms with Crippen molar-refractivity contribution in [1.29, 1.82) is 0 Å². The second kappa shape index (κ2) is 15.2. The van der Waals surface area contributed by atoms with E-state index in [-0.39, 0.29) is 0 Å². The van der Waals surface area contributed by atoms with Crippen molar-refractivity contribution in [3.05, 3.63) is 255 Å². The predicted molar refractivity (Wildman–Crippen MR) is 270 cm³/mol. The van der Waals surface area contributed by atoms with Crippen molar-refractivity contribution in [2.75, 3.05) is 0 Å². The van der Waals surface area contributed by atoms with Crippen LogP contribution in [0.4, 0.5) is 0 Å². The molecule has 10 aromatic carbocycles. The standard InChI is InChI=1S/C60H42N2Si/c1-6-20-47(21-7-1)61-57-32-18-16-30-53(57)55-41-43(34-36-59(55)61)45-38-46(44-35-37-60-56(42-44)54-31-17-19-33-58(54)62(60)48-22-8-2-9-23-48)40-52(39-45)63(49-24-10-3-11-25-49,50-26-12-4-13-27-50)51-28-14-5-15-29-51/h1-42H. The summed E-state index contributed by atoms with van der Waals surface area (Å²) >= 11 is 0. The quantitative estimate of drug-likeness (QED) is 0.107. The van der Waals surface area contributed by atoms with Gasteiger partial charge in [0.25, 0.3) is 0 Å². The summed E-state index contributed by atoms with van der Waals surface area (Å²) in [6, 6.07) is 94.5. The first-order chi connectivity index (χ1) is 31.3. The summed E-state index contributed by atoms with van der Waals surface area (Å²) in [4.78, 5) is 0. The van der Waals surface area contributed by atoms with Crippen molar-refractivity contribution < 1.29 is 0 Å². The fourth-order valence-electron chi connectivity index (χ4n) is 10.3. The third-order valence-electron chi connectivity index (χ3n) is 13.0. The molecule has 0 N–H and O–H groups in total. The van der Waals surface area contributed by atoms with E-state index in [1.165, 1.54) is 86.6 Å². The summed E-state index contributed by atoms with van der Waals surface area (Å²) in [5.74, 6) is 0. The smallest absolute Gasteiger partial charge is 0.179 e. The van der Waals surface area contributed by atoms with Gasteiger partial charge in [-0.25, -0.2) is 0 Å². The van der Waals surface area contributed by atoms with E-state index in [4.69, 9.17) is 0 Å². The number of fused-ring (bicyclic) bond motifs is 6. The lowest BCUT2D eigenvalue weighted by molar-refractivity contribution is 1.18. The van der Waals surface area contributed by atoms with E-state index in [0.717, 1.165) is 11.4 Å². The Labute approximate surface area is 368 Å². The molecule has 12 rings (SSSR count). The summed E-state index contributed by atoms with van der Waals surface area (Å²) in [6.07, 6.45) is 0. The van der Waals surface area contributed by atoms with Crippen molar-refractivity contribution in [3.63, 3.8) is 0 Å². The maximum atomic E-state index is 2.51. The van der Waals surface area contributed by atoms with Gasteiger partial charge in [0, 0.05) is 32.9 Å². The van der Waals surface area contributed by atoms with Gasteiger partial charge in [0.2, 0.25) is 0 Å². The SMILES string of the molecule is c1ccc(-n2c3ccccc3c3cc(-c4cc(-c5ccc6c(c5)c5ccccc5n6-c5ccccc5)cc([Si](c5ccccc5)(c5ccccc5)c5ccccc5)c4)ccc32)cc1. The lowest BCUT2D eigenvalue weighted by Crippen LogP contribution is -2.74. The molecule has 2 heterocycles. The van der Waals surface area contributed by atoms with Crippen molar-refractivity contribution in [2.45, 2.75) is 0 Å². The minimum absolute atomic E-state index is 1.16. The molecule has 0 amide bonds. The normalized spacial score (nSPS) is 11.8. The lowest BCUT2D eigenvalue weighted by Gasteiger charge is -2.35. The molecule has 0 saturated carbocycles. The van der Waals surface area contributed by atoms with E-state index in [1.807, 2.05) is 0 Å². The predicted octanol–water partition coefficient (Wildman–Crippen LogP) is 12.6. The van der Waals surface area contributed by atoms with Crippen LogP contribution in [-0.2, 0) is 0 Å². The second-order valence-electron chi connectivity index (χ2n) is 16.5. The molecular formula is C60H42N2Si. The average Bonchev–Trinajstić information content (AvgIpc) is 3.88. The van der Waals surface area contributed by atoms with Crippen molar-refractivity contribution in [2.24, 2.45) is 0 Å². The Balaban J connectivity index is 1.16. The molecule has 2 aromatic heterocycles. The van der Waals surface area contributed by atoms with Gasteiger partial charge in [0.15, 0.2) is 8.07 Å². The van der Waals surface area contributed by atoms with Gasteiger partial charge in [0.1, 0.15) is 0 Å². The molecule has 2 nitrogen and oxygen atoms in total. The zero-order valence-electron chi connectivity index (χ0n) is 34.6. The van der Waals surface area contributed by atoms with Crippen LogP contribution in [0.5, 0.6) is 0 Å². The van der Waals surface area contributed by atoms with Crippen LogP contribution in [0, 0.1) is 0 Å². The highest BCUT2D eigenvalue weighted by atomic mass is 28.3. The Kier molecular flexibility index (Phi) is 8.87. The largest absolute Gasteiger partial charge is 0.309 e. The Morgan fingerprint density at radius 2 is 0.556 bits per heavy atom. The third-order valence-corrected chi connectivity index (χ3v) is 17.8. The van der Waals surface area contributed by atoms with Crippen LogP contribution < -0.4 is 20.7 Å². The molecule has 12 aromatic rings. The number of para-hydroxylation sites is 4. The summed E-state index contributed by atoms with van der Waals surface area (Å²) in [6.45, 7) is 0. The highest BCUT2D eigenvalue weighted by molar-refractivity contribution is 7.20. The highest BCUT2D eigenvalue weighted by Gasteiger charge is 2.41. The van der Waals surface area contributed by atoms with Gasteiger partial charge in [-0.05, 0) is 110 Å². The van der Waals surface area contributed by atoms with Gasteiger partial charge in [-0.1, -0.05) is 188 Å². The number of nitrogens with zero attached hydrogens (tertiary/aromatic N) is 2. The van der Waals surface area contributed by atoms with E-state index in [0.29, 0.717) is 0 Å². The van der Waals surface area contributed by atoms with Gasteiger partial charge >= 0.3 is 0 Å². The van der Waals surface area contributed by atoms with Gasteiger partial charge < -0.3 is 9.13 Å². The number of aromatic nitrogens is 2. The second-order valence-corrected chi connectivity index (χ2v) is 20.3. The topological polar surface area (TPSA) is 9.86 Å². The van der Waals surface area contributed by atoms with Gasteiger partial charge in [-0.2, -0.15) is 0 Å². The molecule has 296 valence electrons. The summed E-state index contributed by atoms with van der Waals surface area (Å²) in [5.41, 5.74) is 11.9. The maximum Gasteiger partial charge on any atom is 0.179 e. The monoisotopic (exact) mass is 818 g/mol. The van der Waals surface area contributed by atoms with E-state index >= 15 is 0 Å². The van der Waals surface area contributed by atoms with Gasteiger partial charge in [-0.15, -0.1) is 0 Å². The number of rotatable bonds is 8. The van der Waals surface area contributed by atoms with Crippen LogP contribution in [0.25, 0.3) is 77.2 Å². The first-order valence-corrected chi connectivity index (χ1v) is 23.8. The molecule has 0 aliphatic rings. The third kappa shape index (κ3) is 6.00. The first kappa shape index (κ1) is 36.8. The van der Waals surface area contributed by atoms with Crippen molar-refractivity contribution in [3.8, 4) is 33.6 Å². The van der Waals surface area contributed by atoms with Crippen LogP contribution in [-0.4, -0.2) is 17.2 Å². The zero-order chi connectivity index (χ0) is 41.7. The summed E-state index contributed by atoms with van der Waals surface area (Å²) in [7, 11) is -2.91. The fraction of sp³-hybridized carbons (Fsp3) is 0. The van der Waals surface area contributed by atoms with Gasteiger partial charge in [-0.3, -0.25) is 0 Å². The minimum atomic E-state index is -2.91. The molecule has 3 heteroatoms. The Hall–Kier alpha value is -7.98. The fourth-order valence-corrected chi connectivity index (χ4v) is 15.1. The van der Waals surface area contributed by atoms with Crippen LogP contribution >= 0.6 is 0 Å². The molecule has 0 spiro atoms. The molecule has 0 bridgehead atoms. The maximum absolute atomic E-state index is 2.91. The van der Waals surface area contributed by atoms with Gasteiger partial charge in [0.05, 0.1) is 22.1 Å². The van der Waals surface area contributed by atoms with E-state index < -0.39 is 8.07 Å². The van der Waals surface area contributed by atoms with Crippen LogP contribution in [0.1, 0.15) is 0 Å². The molecule has 0 fully saturated rings. The van der Waals surface area contributed by atoms with E-state index in [2.05, 4.69) is 264 Å². The van der Waals surface area contributed by atoms with Crippen LogP contribution in [0.15, 0.2) is 255 Å². The molecule has 0 saturated heterocycles. The van der Waals surface area contributed by atoms with Crippen molar-refractivity contribution >= 4 is 72.4 Å². The first-order valence-electron chi connectivity index (χ1n) is 21.8. The number of hydrogen-bond acceptors (Lipinski definition) is 0. The molecule has 63 heavy (non-hydrogen) atoms. The van der Waals surface area contributed by atoms with E-state index in [9.17, 15) is 0 Å². The zero-order valence-corrected chi connectivity index (χ0v) is 35.6. The average molecular weight is 819 g/mol. The minimum Gasteiger partial charge on any atom is -0.309 e. The summed E-state index contributed by atoms with van der Waals surface area (Å²) in [5, 5.41) is 10.4. The Morgan fingerprint density at radius 3 is 0.952 bits per heavy atom. The Bertz CT molecular complexity index is 3320. The van der Waals surface area contributed by atoms with Crippen LogP contribution in [0.3, 0.4) is 0 Å². The summed E-state index contributed by atoms with van der Waals surface area (Å²) < 4.78 is 4.80. The molecule has 0 aliphatic heterocycles. The van der Waals surface area contributed by atoms with E-state index in [1.54, 1.807) is 0 Å². The highest BCUT2D eigenvalue weighted by Crippen LogP contribution is 2.38. The molecular weight excluding hydrogens is 777 g/mol. The molecule has 0 unspecified atom stereocenters. The number of hydrogen-bond donors (Lipinski definition) is 0. The molecule has 0 radical (unpaired) electrons. The Morgan fingerprint density at radius 1 is 0.222 bits per heavy atom. The lowest BCUT2D eigenvalue weighted by atomic mass is 9.97. The molecule has 0 aliphatic carbocycles. The molecule has 0 atom stereocenters. The number of benzene rings is 10. The van der Waals surface area contributed by atoms with Crippen molar-refractivity contribution in [1.82, 2.24) is 9.13 Å².